The summed E-state index contributed by atoms with van der Waals surface area (Å²) in [5.41, 5.74) is 0. The van der Waals surface area contributed by atoms with E-state index in [1.54, 1.807) is 0 Å². The molecule has 2 unspecified atom stereocenters. The highest BCUT2D eigenvalue weighted by atomic mass is 32.2. The third-order valence-corrected chi connectivity index (χ3v) is 5.35. The summed E-state index contributed by atoms with van der Waals surface area (Å²) in [5, 5.41) is 3.93. The number of carbonyl (C=O) groups is 1. The minimum Gasteiger partial charge on any atom is -0.339 e. The van der Waals surface area contributed by atoms with Crippen molar-refractivity contribution < 1.29 is 4.79 Å². The molecule has 2 rings (SSSR count). The van der Waals surface area contributed by atoms with Crippen LogP contribution in [0.1, 0.15) is 19.8 Å². The van der Waals surface area contributed by atoms with Crippen molar-refractivity contribution in [1.82, 2.24) is 15.1 Å². The molecule has 0 aromatic heterocycles. The van der Waals surface area contributed by atoms with Gasteiger partial charge in [-0.1, -0.05) is 6.92 Å². The van der Waals surface area contributed by atoms with Crippen LogP contribution in [-0.2, 0) is 4.79 Å². The summed E-state index contributed by atoms with van der Waals surface area (Å²) < 4.78 is 0. The van der Waals surface area contributed by atoms with Crippen LogP contribution in [0.2, 0.25) is 0 Å². The highest BCUT2D eigenvalue weighted by Crippen LogP contribution is 2.28. The Labute approximate surface area is 114 Å². The summed E-state index contributed by atoms with van der Waals surface area (Å²) in [6.45, 7) is 6.47. The molecule has 0 spiro atoms. The van der Waals surface area contributed by atoms with E-state index in [1.165, 1.54) is 18.6 Å². The fourth-order valence-corrected chi connectivity index (χ4v) is 4.10. The lowest BCUT2D eigenvalue weighted by Crippen LogP contribution is -2.51. The smallest absolute Gasteiger partial charge is 0.236 e. The van der Waals surface area contributed by atoms with Crippen LogP contribution in [0, 0.1) is 0 Å². The molecule has 0 aromatic carbocycles. The van der Waals surface area contributed by atoms with Gasteiger partial charge in [-0.25, -0.2) is 0 Å². The van der Waals surface area contributed by atoms with Crippen molar-refractivity contribution in [2.24, 2.45) is 0 Å². The van der Waals surface area contributed by atoms with Crippen molar-refractivity contribution in [1.29, 1.82) is 0 Å². The monoisotopic (exact) mass is 271 g/mol. The Morgan fingerprint density at radius 3 is 2.83 bits per heavy atom. The Bertz CT molecular complexity index is 281. The van der Waals surface area contributed by atoms with Crippen LogP contribution in [0.5, 0.6) is 0 Å². The second kappa shape index (κ2) is 6.78. The Hall–Kier alpha value is -0.260. The second-order valence-electron chi connectivity index (χ2n) is 5.33. The Kier molecular flexibility index (Phi) is 5.33. The Morgan fingerprint density at radius 2 is 2.17 bits per heavy atom. The van der Waals surface area contributed by atoms with Crippen LogP contribution >= 0.6 is 11.8 Å². The van der Waals surface area contributed by atoms with Crippen molar-refractivity contribution >= 4 is 17.7 Å². The first kappa shape index (κ1) is 14.2. The average molecular weight is 271 g/mol. The van der Waals surface area contributed by atoms with Gasteiger partial charge < -0.3 is 10.2 Å². The molecule has 0 radical (unpaired) electrons. The largest absolute Gasteiger partial charge is 0.339 e. The molecule has 2 atom stereocenters. The summed E-state index contributed by atoms with van der Waals surface area (Å²) in [5.74, 6) is 1.57. The zero-order valence-electron chi connectivity index (χ0n) is 11.5. The maximum atomic E-state index is 12.2. The molecule has 2 heterocycles. The van der Waals surface area contributed by atoms with Crippen LogP contribution in [-0.4, -0.2) is 72.5 Å². The van der Waals surface area contributed by atoms with Crippen molar-refractivity contribution in [3.63, 3.8) is 0 Å². The number of piperazine rings is 1. The zero-order valence-corrected chi connectivity index (χ0v) is 12.3. The van der Waals surface area contributed by atoms with Crippen molar-refractivity contribution in [3.05, 3.63) is 0 Å². The van der Waals surface area contributed by atoms with E-state index in [4.69, 9.17) is 0 Å². The standard InChI is InChI=1S/C13H25N3OS/c1-11-12(4-3-9-18-11)15(2)10-13(17)16-7-5-14-6-8-16/h11-12,14H,3-10H2,1-2H3. The minimum absolute atomic E-state index is 0.293. The van der Waals surface area contributed by atoms with Gasteiger partial charge in [0, 0.05) is 37.5 Å². The van der Waals surface area contributed by atoms with Gasteiger partial charge in [0.25, 0.3) is 0 Å². The SMILES string of the molecule is CC1SCCCC1N(C)CC(=O)N1CCNCC1. The van der Waals surface area contributed by atoms with E-state index in [0.29, 0.717) is 23.7 Å². The molecule has 18 heavy (non-hydrogen) atoms. The van der Waals surface area contributed by atoms with Crippen molar-refractivity contribution in [2.75, 3.05) is 45.5 Å². The Morgan fingerprint density at radius 1 is 1.44 bits per heavy atom. The van der Waals surface area contributed by atoms with Crippen LogP contribution in [0.15, 0.2) is 0 Å². The van der Waals surface area contributed by atoms with Crippen LogP contribution < -0.4 is 5.32 Å². The molecule has 0 saturated carbocycles. The number of hydrogen-bond acceptors (Lipinski definition) is 4. The van der Waals surface area contributed by atoms with Gasteiger partial charge in [0.1, 0.15) is 0 Å². The van der Waals surface area contributed by atoms with Gasteiger partial charge in [0.2, 0.25) is 5.91 Å². The predicted molar refractivity (Wildman–Crippen MR) is 77.0 cm³/mol. The first-order chi connectivity index (χ1) is 8.68. The van der Waals surface area contributed by atoms with Crippen LogP contribution in [0.3, 0.4) is 0 Å². The van der Waals surface area contributed by atoms with E-state index in [2.05, 4.69) is 24.2 Å². The lowest BCUT2D eigenvalue weighted by atomic mass is 10.1. The molecule has 1 amide bonds. The molecule has 0 aliphatic carbocycles. The number of likely N-dealkylation sites (N-methyl/N-ethyl adjacent to an activating group) is 1. The minimum atomic E-state index is 0.293. The molecule has 2 saturated heterocycles. The average Bonchev–Trinajstić information content (AvgIpc) is 2.40. The van der Waals surface area contributed by atoms with E-state index in [-0.39, 0.29) is 0 Å². The maximum absolute atomic E-state index is 12.2. The maximum Gasteiger partial charge on any atom is 0.236 e. The Balaban J connectivity index is 1.81. The molecule has 2 aliphatic heterocycles. The molecule has 0 aromatic rings. The van der Waals surface area contributed by atoms with Gasteiger partial charge in [-0.05, 0) is 25.6 Å². The lowest BCUT2D eigenvalue weighted by Gasteiger charge is -2.37. The van der Waals surface area contributed by atoms with Gasteiger partial charge >= 0.3 is 0 Å². The first-order valence-electron chi connectivity index (χ1n) is 6.99. The number of amides is 1. The molecular weight excluding hydrogens is 246 g/mol. The number of rotatable bonds is 3. The van der Waals surface area contributed by atoms with Gasteiger partial charge in [0.15, 0.2) is 0 Å². The van der Waals surface area contributed by atoms with E-state index < -0.39 is 0 Å². The number of nitrogens with zero attached hydrogens (tertiary/aromatic N) is 2. The van der Waals surface area contributed by atoms with Gasteiger partial charge in [0.05, 0.1) is 6.54 Å². The third-order valence-electron chi connectivity index (χ3n) is 3.99. The summed E-state index contributed by atoms with van der Waals surface area (Å²) in [4.78, 5) is 16.5. The number of hydrogen-bond donors (Lipinski definition) is 1. The van der Waals surface area contributed by atoms with Crippen LogP contribution in [0.4, 0.5) is 0 Å². The molecule has 0 bridgehead atoms. The topological polar surface area (TPSA) is 35.6 Å². The molecule has 104 valence electrons. The van der Waals surface area contributed by atoms with Crippen LogP contribution in [0.25, 0.3) is 0 Å². The molecule has 2 fully saturated rings. The normalized spacial score (nSPS) is 29.6. The zero-order chi connectivity index (χ0) is 13.0. The summed E-state index contributed by atoms with van der Waals surface area (Å²) >= 11 is 2.04. The third kappa shape index (κ3) is 3.62. The van der Waals surface area contributed by atoms with E-state index in [1.807, 2.05) is 16.7 Å². The predicted octanol–water partition coefficient (Wildman–Crippen LogP) is 0.634. The number of carbonyl (C=O) groups excluding carboxylic acids is 1. The van der Waals surface area contributed by atoms with Gasteiger partial charge in [-0.15, -0.1) is 0 Å². The number of nitrogens with one attached hydrogen (secondary N) is 1. The fraction of sp³-hybridized carbons (Fsp3) is 0.923. The van der Waals surface area contributed by atoms with Gasteiger partial charge in [-0.2, -0.15) is 11.8 Å². The van der Waals surface area contributed by atoms with E-state index >= 15 is 0 Å². The molecule has 2 aliphatic rings. The van der Waals surface area contributed by atoms with E-state index in [9.17, 15) is 4.79 Å². The molecule has 4 nitrogen and oxygen atoms in total. The molecular formula is C13H25N3OS. The first-order valence-corrected chi connectivity index (χ1v) is 8.03. The highest BCUT2D eigenvalue weighted by molar-refractivity contribution is 7.99. The van der Waals surface area contributed by atoms with Crippen molar-refractivity contribution in [2.45, 2.75) is 31.1 Å². The summed E-state index contributed by atoms with van der Waals surface area (Å²) in [7, 11) is 2.10. The highest BCUT2D eigenvalue weighted by Gasteiger charge is 2.27. The quantitative estimate of drug-likeness (QED) is 0.817. The molecule has 5 heteroatoms. The molecule has 1 N–H and O–H groups in total. The summed E-state index contributed by atoms with van der Waals surface area (Å²) in [6.07, 6.45) is 2.52. The fourth-order valence-electron chi connectivity index (χ4n) is 2.83. The van der Waals surface area contributed by atoms with Crippen molar-refractivity contribution in [3.8, 4) is 0 Å². The van der Waals surface area contributed by atoms with E-state index in [0.717, 1.165) is 26.2 Å². The lowest BCUT2D eigenvalue weighted by molar-refractivity contribution is -0.133. The van der Waals surface area contributed by atoms with Gasteiger partial charge in [-0.3, -0.25) is 9.69 Å². The summed E-state index contributed by atoms with van der Waals surface area (Å²) in [6, 6.07) is 0.565. The number of thioether (sulfide) groups is 1. The second-order valence-corrected chi connectivity index (χ2v) is 6.82.